The maximum atomic E-state index is 14.4. The second kappa shape index (κ2) is 13.7. The Balaban J connectivity index is 1.55. The van der Waals surface area contributed by atoms with E-state index in [0.29, 0.717) is 40.3 Å². The summed E-state index contributed by atoms with van der Waals surface area (Å²) in [6, 6.07) is 30.0. The van der Waals surface area contributed by atoms with E-state index in [2.05, 4.69) is 21.2 Å². The highest BCUT2D eigenvalue weighted by Gasteiger charge is 2.53. The van der Waals surface area contributed by atoms with Gasteiger partial charge in [-0.1, -0.05) is 93.7 Å². The summed E-state index contributed by atoms with van der Waals surface area (Å²) in [5.41, 5.74) is 1.86. The molecule has 6 nitrogen and oxygen atoms in total. The number of aliphatic imine (C=N–C) groups is 1. The van der Waals surface area contributed by atoms with Crippen LogP contribution >= 0.6 is 39.1 Å². The largest absolute Gasteiger partial charge is 0.494 e. The molecule has 4 aromatic carbocycles. The Hall–Kier alpha value is -3.36. The zero-order valence-electron chi connectivity index (χ0n) is 22.6. The second-order valence-electron chi connectivity index (χ2n) is 9.89. The van der Waals surface area contributed by atoms with Crippen LogP contribution in [-0.2, 0) is 22.5 Å². The number of nitrogens with one attached hydrogen (secondary N) is 1. The van der Waals surface area contributed by atoms with Gasteiger partial charge >= 0.3 is 0 Å². The molecule has 2 atom stereocenters. The van der Waals surface area contributed by atoms with E-state index in [9.17, 15) is 4.79 Å². The number of benzene rings is 4. The first-order valence-electron chi connectivity index (χ1n) is 13.5. The van der Waals surface area contributed by atoms with E-state index in [4.69, 9.17) is 42.8 Å². The van der Waals surface area contributed by atoms with Crippen LogP contribution in [0, 0.1) is 0 Å². The molecule has 0 aliphatic carbocycles. The summed E-state index contributed by atoms with van der Waals surface area (Å²) in [7, 11) is 0. The number of halogens is 3. The maximum Gasteiger partial charge on any atom is 0.252 e. The highest BCUT2D eigenvalue weighted by molar-refractivity contribution is 9.10. The van der Waals surface area contributed by atoms with Crippen LogP contribution in [0.3, 0.4) is 0 Å². The lowest BCUT2D eigenvalue weighted by molar-refractivity contribution is -0.129. The van der Waals surface area contributed by atoms with Gasteiger partial charge in [0.25, 0.3) is 5.91 Å². The number of aliphatic hydroxyl groups is 1. The van der Waals surface area contributed by atoms with Crippen molar-refractivity contribution in [2.24, 2.45) is 4.99 Å². The van der Waals surface area contributed by atoms with Gasteiger partial charge in [-0.3, -0.25) is 4.79 Å². The number of ether oxygens (including phenoxy) is 2. The minimum absolute atomic E-state index is 0.0650. The number of hydrogen-bond donors (Lipinski definition) is 2. The summed E-state index contributed by atoms with van der Waals surface area (Å²) in [6.45, 7) is 0.671. The van der Waals surface area contributed by atoms with E-state index in [1.54, 1.807) is 18.2 Å². The molecule has 4 aromatic rings. The monoisotopic (exact) mass is 666 g/mol. The number of aliphatic hydroxyl groups excluding tert-OH is 1. The number of carbonyl (C=O) groups is 1. The van der Waals surface area contributed by atoms with Gasteiger partial charge in [0.15, 0.2) is 11.6 Å². The Morgan fingerprint density at radius 2 is 1.71 bits per heavy atom. The molecule has 42 heavy (non-hydrogen) atoms. The molecule has 2 N–H and O–H groups in total. The van der Waals surface area contributed by atoms with Crippen LogP contribution < -0.4 is 10.1 Å². The van der Waals surface area contributed by atoms with Gasteiger partial charge < -0.3 is 19.9 Å². The first kappa shape index (κ1) is 30.1. The van der Waals surface area contributed by atoms with Gasteiger partial charge in [-0.25, -0.2) is 4.99 Å². The number of amides is 1. The molecular weight excluding hydrogens is 639 g/mol. The van der Waals surface area contributed by atoms with Crippen LogP contribution in [0.5, 0.6) is 5.75 Å². The number of rotatable bonds is 11. The van der Waals surface area contributed by atoms with E-state index >= 15 is 0 Å². The summed E-state index contributed by atoms with van der Waals surface area (Å²) in [5, 5.41) is 13.1. The third-order valence-electron chi connectivity index (χ3n) is 7.00. The Morgan fingerprint density at radius 1 is 0.976 bits per heavy atom. The lowest BCUT2D eigenvalue weighted by atomic mass is 9.82. The average Bonchev–Trinajstić information content (AvgIpc) is 3.39. The molecule has 1 amide bonds. The minimum atomic E-state index is -1.34. The van der Waals surface area contributed by atoms with Crippen molar-refractivity contribution in [2.45, 2.75) is 31.0 Å². The van der Waals surface area contributed by atoms with Gasteiger partial charge in [0, 0.05) is 46.1 Å². The van der Waals surface area contributed by atoms with Crippen LogP contribution in [0.4, 0.5) is 0 Å². The van der Waals surface area contributed by atoms with Gasteiger partial charge in [0.05, 0.1) is 6.61 Å². The van der Waals surface area contributed by atoms with Gasteiger partial charge in [-0.05, 0) is 59.2 Å². The van der Waals surface area contributed by atoms with E-state index in [1.807, 2.05) is 78.9 Å². The van der Waals surface area contributed by atoms with Gasteiger partial charge in [-0.15, -0.1) is 0 Å². The van der Waals surface area contributed by atoms with Crippen molar-refractivity contribution in [1.29, 1.82) is 0 Å². The molecule has 1 aliphatic heterocycles. The van der Waals surface area contributed by atoms with Crippen molar-refractivity contribution in [3.8, 4) is 5.75 Å². The Bertz CT molecular complexity index is 1570. The first-order chi connectivity index (χ1) is 20.4. The highest BCUT2D eigenvalue weighted by Crippen LogP contribution is 2.43. The molecule has 216 valence electrons. The Kier molecular flexibility index (Phi) is 9.85. The van der Waals surface area contributed by atoms with Crippen LogP contribution in [0.2, 0.25) is 10.0 Å². The first-order valence-corrected chi connectivity index (χ1v) is 15.1. The van der Waals surface area contributed by atoms with E-state index < -0.39 is 11.6 Å². The molecule has 9 heteroatoms. The molecule has 1 heterocycles. The molecule has 0 bridgehead atoms. The molecule has 0 fully saturated rings. The molecule has 0 spiro atoms. The SMILES string of the molecule is O=C(NCc1ccc(Cl)cc1Cl)[C@]1(Cc2ccccc2Br)N=C(c2ccc(OCCCO)cc2)O[C@@H]1c1ccccc1. The van der Waals surface area contributed by atoms with Crippen LogP contribution in [0.25, 0.3) is 0 Å². The van der Waals surface area contributed by atoms with Crippen LogP contribution in [0.15, 0.2) is 107 Å². The van der Waals surface area contributed by atoms with Crippen molar-refractivity contribution in [2.75, 3.05) is 13.2 Å². The lowest BCUT2D eigenvalue weighted by Crippen LogP contribution is -2.49. The molecule has 5 rings (SSSR count). The van der Waals surface area contributed by atoms with E-state index in [1.165, 1.54) is 0 Å². The lowest BCUT2D eigenvalue weighted by Gasteiger charge is -2.31. The van der Waals surface area contributed by atoms with Crippen LogP contribution in [-0.4, -0.2) is 35.7 Å². The second-order valence-corrected chi connectivity index (χ2v) is 11.6. The van der Waals surface area contributed by atoms with Gasteiger partial charge in [0.2, 0.25) is 5.90 Å². The molecule has 0 unspecified atom stereocenters. The molecule has 1 aliphatic rings. The smallest absolute Gasteiger partial charge is 0.252 e. The molecule has 0 aromatic heterocycles. The van der Waals surface area contributed by atoms with Crippen molar-refractivity contribution in [3.63, 3.8) is 0 Å². The van der Waals surface area contributed by atoms with Crippen molar-refractivity contribution in [1.82, 2.24) is 5.32 Å². The summed E-state index contributed by atoms with van der Waals surface area (Å²) < 4.78 is 13.1. The van der Waals surface area contributed by atoms with Crippen molar-refractivity contribution in [3.05, 3.63) is 134 Å². The molecule has 0 saturated carbocycles. The summed E-state index contributed by atoms with van der Waals surface area (Å²) in [4.78, 5) is 19.4. The van der Waals surface area contributed by atoms with Gasteiger partial charge in [0.1, 0.15) is 5.75 Å². The fourth-order valence-corrected chi connectivity index (χ4v) is 5.74. The highest BCUT2D eigenvalue weighted by atomic mass is 79.9. The maximum absolute atomic E-state index is 14.4. The topological polar surface area (TPSA) is 80.2 Å². The predicted octanol–water partition coefficient (Wildman–Crippen LogP) is 7.33. The minimum Gasteiger partial charge on any atom is -0.494 e. The molecular formula is C33H29BrCl2N2O4. The normalized spacial score (nSPS) is 17.8. The van der Waals surface area contributed by atoms with Crippen molar-refractivity contribution < 1.29 is 19.4 Å². The van der Waals surface area contributed by atoms with E-state index in [-0.39, 0.29) is 25.5 Å². The number of nitrogens with zero attached hydrogens (tertiary/aromatic N) is 1. The average molecular weight is 668 g/mol. The fraction of sp³-hybridized carbons (Fsp3) is 0.212. The third kappa shape index (κ3) is 6.81. The number of hydrogen-bond acceptors (Lipinski definition) is 5. The Labute approximate surface area is 263 Å². The number of carbonyl (C=O) groups excluding carboxylic acids is 1. The van der Waals surface area contributed by atoms with E-state index in [0.717, 1.165) is 21.2 Å². The van der Waals surface area contributed by atoms with Crippen molar-refractivity contribution >= 4 is 50.9 Å². The fourth-order valence-electron chi connectivity index (χ4n) is 4.84. The Morgan fingerprint density at radius 3 is 2.43 bits per heavy atom. The predicted molar refractivity (Wildman–Crippen MR) is 169 cm³/mol. The molecule has 0 saturated heterocycles. The summed E-state index contributed by atoms with van der Waals surface area (Å²) in [6.07, 6.45) is 0.117. The third-order valence-corrected chi connectivity index (χ3v) is 8.37. The molecule has 0 radical (unpaired) electrons. The van der Waals surface area contributed by atoms with Crippen LogP contribution in [0.1, 0.15) is 34.8 Å². The quantitative estimate of drug-likeness (QED) is 0.164. The summed E-state index contributed by atoms with van der Waals surface area (Å²) >= 11 is 16.2. The standard InChI is InChI=1S/C33H29BrCl2N2O4/c34-28-10-5-4-9-24(28)20-33(32(40)37-21-25-11-14-26(35)19-29(25)36)30(22-7-2-1-3-8-22)42-31(38-33)23-12-15-27(16-13-23)41-18-6-17-39/h1-5,7-16,19,30,39H,6,17-18,20-21H2,(H,37,40)/t30-,33-/m1/s1. The summed E-state index contributed by atoms with van der Waals surface area (Å²) in [5.74, 6) is 0.733. The van der Waals surface area contributed by atoms with Gasteiger partial charge in [-0.2, -0.15) is 0 Å². The zero-order chi connectivity index (χ0) is 29.5. The zero-order valence-corrected chi connectivity index (χ0v) is 25.7.